The molecule has 0 atom stereocenters. The number of nitrogens with zero attached hydrogens (tertiary/aromatic N) is 2. The molecule has 1 N–H and O–H groups in total. The Balaban J connectivity index is 2.16. The van der Waals surface area contributed by atoms with Crippen LogP contribution in [-0.2, 0) is 9.59 Å². The molecule has 2 heterocycles. The Morgan fingerprint density at radius 1 is 1.03 bits per heavy atom. The molecule has 2 aromatic heterocycles. The molecule has 0 spiro atoms. The van der Waals surface area contributed by atoms with E-state index >= 15 is 0 Å². The second kappa shape index (κ2) is 10.1. The maximum atomic E-state index is 13.4. The minimum absolute atomic E-state index is 0.337. The Kier molecular flexibility index (Phi) is 7.28. The Morgan fingerprint density at radius 3 is 2.52 bits per heavy atom. The van der Waals surface area contributed by atoms with Gasteiger partial charge in [0.05, 0.1) is 11.2 Å². The van der Waals surface area contributed by atoms with Gasteiger partial charge in [0.2, 0.25) is 6.41 Å². The number of hydrogen-bond donors (Lipinski definition) is 1. The number of hydrogen-bond acceptors (Lipinski definition) is 4. The van der Waals surface area contributed by atoms with Gasteiger partial charge in [-0.1, -0.05) is 23.2 Å². The van der Waals surface area contributed by atoms with E-state index in [2.05, 4.69) is 15.3 Å². The summed E-state index contributed by atoms with van der Waals surface area (Å²) in [7, 11) is 0. The van der Waals surface area contributed by atoms with Crippen LogP contribution in [0, 0.1) is 5.82 Å². The first-order chi connectivity index (χ1) is 14.9. The van der Waals surface area contributed by atoms with Gasteiger partial charge in [-0.25, -0.2) is 4.39 Å². The standard InChI is InChI=1S/C23H16Cl2FN3O2/c1-14(22(31)5-2-15-6-19(26)12-27-9-15)23(16-7-18(25)11-28-10-16)20-8-17(24)3-4-21(20)29-13-30/h2-13H,1H3,(H,29,30)/b5-2+,23-14+. The topological polar surface area (TPSA) is 72.0 Å². The maximum absolute atomic E-state index is 13.4. The Morgan fingerprint density at radius 2 is 1.81 bits per heavy atom. The summed E-state index contributed by atoms with van der Waals surface area (Å²) in [4.78, 5) is 32.0. The molecular formula is C23H16Cl2FN3O2. The summed E-state index contributed by atoms with van der Waals surface area (Å²) >= 11 is 12.3. The van der Waals surface area contributed by atoms with Gasteiger partial charge in [-0.2, -0.15) is 0 Å². The number of allylic oxidation sites excluding steroid dienone is 2. The summed E-state index contributed by atoms with van der Waals surface area (Å²) in [6.07, 6.45) is 8.88. The second-order valence-corrected chi connectivity index (χ2v) is 7.35. The van der Waals surface area contributed by atoms with E-state index in [0.29, 0.717) is 50.0 Å². The van der Waals surface area contributed by atoms with Crippen LogP contribution < -0.4 is 5.32 Å². The van der Waals surface area contributed by atoms with Crippen LogP contribution in [0.25, 0.3) is 11.6 Å². The van der Waals surface area contributed by atoms with Gasteiger partial charge in [0.1, 0.15) is 5.82 Å². The predicted octanol–water partition coefficient (Wildman–Crippen LogP) is 5.60. The largest absolute Gasteiger partial charge is 0.328 e. The molecule has 0 aliphatic rings. The zero-order valence-corrected chi connectivity index (χ0v) is 17.8. The lowest BCUT2D eigenvalue weighted by Gasteiger charge is -2.16. The van der Waals surface area contributed by atoms with Crippen molar-refractivity contribution in [3.05, 3.63) is 99.3 Å². The molecule has 0 bridgehead atoms. The van der Waals surface area contributed by atoms with Gasteiger partial charge >= 0.3 is 0 Å². The third kappa shape index (κ3) is 5.63. The fourth-order valence-electron chi connectivity index (χ4n) is 2.97. The van der Waals surface area contributed by atoms with Crippen molar-refractivity contribution in [2.45, 2.75) is 6.92 Å². The lowest BCUT2D eigenvalue weighted by atomic mass is 9.91. The van der Waals surface area contributed by atoms with Crippen molar-refractivity contribution < 1.29 is 14.0 Å². The molecule has 0 radical (unpaired) electrons. The second-order valence-electron chi connectivity index (χ2n) is 6.48. The van der Waals surface area contributed by atoms with E-state index in [4.69, 9.17) is 23.2 Å². The van der Waals surface area contributed by atoms with Crippen LogP contribution in [0.1, 0.15) is 23.6 Å². The van der Waals surface area contributed by atoms with Crippen molar-refractivity contribution in [2.75, 3.05) is 5.32 Å². The zero-order chi connectivity index (χ0) is 22.4. The van der Waals surface area contributed by atoms with Crippen molar-refractivity contribution in [3.8, 4) is 0 Å². The first-order valence-electron chi connectivity index (χ1n) is 9.04. The molecule has 156 valence electrons. The maximum Gasteiger partial charge on any atom is 0.211 e. The summed E-state index contributed by atoms with van der Waals surface area (Å²) < 4.78 is 13.4. The van der Waals surface area contributed by atoms with Crippen molar-refractivity contribution in [1.29, 1.82) is 0 Å². The molecule has 0 saturated heterocycles. The molecular weight excluding hydrogens is 440 g/mol. The lowest BCUT2D eigenvalue weighted by Crippen LogP contribution is -2.05. The van der Waals surface area contributed by atoms with Gasteiger partial charge < -0.3 is 5.32 Å². The van der Waals surface area contributed by atoms with Gasteiger partial charge in [0.15, 0.2) is 5.78 Å². The Hall–Kier alpha value is -3.35. The number of rotatable bonds is 7. The van der Waals surface area contributed by atoms with Gasteiger partial charge in [-0.05, 0) is 60.5 Å². The van der Waals surface area contributed by atoms with Crippen LogP contribution in [-0.4, -0.2) is 22.2 Å². The fraction of sp³-hybridized carbons (Fsp3) is 0.0435. The zero-order valence-electron chi connectivity index (χ0n) is 16.3. The summed E-state index contributed by atoms with van der Waals surface area (Å²) in [5, 5.41) is 3.42. The summed E-state index contributed by atoms with van der Waals surface area (Å²) in [5.74, 6) is -0.840. The highest BCUT2D eigenvalue weighted by Crippen LogP contribution is 2.35. The first-order valence-corrected chi connectivity index (χ1v) is 9.79. The molecule has 3 rings (SSSR count). The normalized spacial score (nSPS) is 11.9. The van der Waals surface area contributed by atoms with Crippen LogP contribution in [0.4, 0.5) is 10.1 Å². The number of carbonyl (C=O) groups excluding carboxylic acids is 2. The molecule has 0 saturated carbocycles. The molecule has 0 unspecified atom stereocenters. The van der Waals surface area contributed by atoms with Crippen LogP contribution in [0.15, 0.2) is 66.8 Å². The first kappa shape index (κ1) is 22.3. The van der Waals surface area contributed by atoms with Gasteiger partial charge in [0.25, 0.3) is 0 Å². The Labute approximate surface area is 188 Å². The minimum Gasteiger partial charge on any atom is -0.328 e. The summed E-state index contributed by atoms with van der Waals surface area (Å²) in [5.41, 5.74) is 2.83. The van der Waals surface area contributed by atoms with Crippen molar-refractivity contribution in [2.24, 2.45) is 0 Å². The Bertz CT molecular complexity index is 1210. The predicted molar refractivity (Wildman–Crippen MR) is 120 cm³/mol. The van der Waals surface area contributed by atoms with Crippen molar-refractivity contribution >= 4 is 52.7 Å². The highest BCUT2D eigenvalue weighted by Gasteiger charge is 2.18. The van der Waals surface area contributed by atoms with E-state index in [1.54, 1.807) is 37.4 Å². The fourth-order valence-corrected chi connectivity index (χ4v) is 3.32. The van der Waals surface area contributed by atoms with E-state index in [-0.39, 0.29) is 5.78 Å². The minimum atomic E-state index is -0.504. The molecule has 1 aromatic carbocycles. The molecule has 31 heavy (non-hydrogen) atoms. The number of ketones is 1. The molecule has 8 heteroatoms. The third-order valence-electron chi connectivity index (χ3n) is 4.36. The van der Waals surface area contributed by atoms with Gasteiger partial charge in [-0.3, -0.25) is 19.6 Å². The molecule has 3 aromatic rings. The molecule has 5 nitrogen and oxygen atoms in total. The monoisotopic (exact) mass is 455 g/mol. The number of pyridine rings is 2. The molecule has 0 fully saturated rings. The van der Waals surface area contributed by atoms with Crippen molar-refractivity contribution in [3.63, 3.8) is 0 Å². The molecule has 1 amide bonds. The van der Waals surface area contributed by atoms with Crippen molar-refractivity contribution in [1.82, 2.24) is 9.97 Å². The SMILES string of the molecule is C/C(C(=O)/C=C/c1cncc(F)c1)=C(/c1cncc(Cl)c1)c1cc(Cl)ccc1NC=O. The van der Waals surface area contributed by atoms with Crippen LogP contribution in [0.5, 0.6) is 0 Å². The quantitative estimate of drug-likeness (QED) is 0.372. The lowest BCUT2D eigenvalue weighted by molar-refractivity contribution is -0.111. The van der Waals surface area contributed by atoms with Gasteiger partial charge in [0, 0.05) is 46.0 Å². The van der Waals surface area contributed by atoms with E-state index < -0.39 is 5.82 Å². The summed E-state index contributed by atoms with van der Waals surface area (Å²) in [6.45, 7) is 1.64. The van der Waals surface area contributed by atoms with Gasteiger partial charge in [-0.15, -0.1) is 0 Å². The number of benzene rings is 1. The van der Waals surface area contributed by atoms with E-state index in [1.807, 2.05) is 0 Å². The highest BCUT2D eigenvalue weighted by molar-refractivity contribution is 6.31. The summed E-state index contributed by atoms with van der Waals surface area (Å²) in [6, 6.07) is 7.82. The number of amides is 1. The van der Waals surface area contributed by atoms with Crippen LogP contribution in [0.2, 0.25) is 10.0 Å². The average Bonchev–Trinajstić information content (AvgIpc) is 2.74. The van der Waals surface area contributed by atoms with Crippen LogP contribution in [0.3, 0.4) is 0 Å². The third-order valence-corrected chi connectivity index (χ3v) is 4.80. The number of anilines is 1. The highest BCUT2D eigenvalue weighted by atomic mass is 35.5. The van der Waals surface area contributed by atoms with Crippen LogP contribution >= 0.6 is 23.2 Å². The number of nitrogens with one attached hydrogen (secondary N) is 1. The van der Waals surface area contributed by atoms with E-state index in [1.165, 1.54) is 30.6 Å². The number of aromatic nitrogens is 2. The van der Waals surface area contributed by atoms with E-state index in [0.717, 1.165) is 6.20 Å². The molecule has 0 aliphatic heterocycles. The smallest absolute Gasteiger partial charge is 0.211 e. The average molecular weight is 456 g/mol. The van der Waals surface area contributed by atoms with E-state index in [9.17, 15) is 14.0 Å². The number of halogens is 3. The molecule has 0 aliphatic carbocycles. The number of carbonyl (C=O) groups is 2.